The molecule has 0 radical (unpaired) electrons. The summed E-state index contributed by atoms with van der Waals surface area (Å²) < 4.78 is 5.04. The maximum Gasteiger partial charge on any atom is 0.417 e. The molecule has 1 atom stereocenters. The van der Waals surface area contributed by atoms with Crippen LogP contribution in [0.15, 0.2) is 60.7 Å². The molecule has 0 aliphatic carbocycles. The van der Waals surface area contributed by atoms with Crippen LogP contribution in [-0.2, 0) is 9.53 Å². The number of nitrogens with zero attached hydrogens (tertiary/aromatic N) is 1. The number of amides is 2. The van der Waals surface area contributed by atoms with Crippen LogP contribution in [0.25, 0.3) is 6.08 Å². The molecule has 116 valence electrons. The Labute approximate surface area is 134 Å². The smallest absolute Gasteiger partial charge is 0.417 e. The van der Waals surface area contributed by atoms with E-state index in [4.69, 9.17) is 10.5 Å². The molecule has 2 aromatic rings. The number of cyclic esters (lactones) is 1. The Morgan fingerprint density at radius 1 is 1.17 bits per heavy atom. The minimum Gasteiger partial charge on any atom is -0.446 e. The second kappa shape index (κ2) is 6.36. The number of anilines is 1. The van der Waals surface area contributed by atoms with Gasteiger partial charge in [0.2, 0.25) is 0 Å². The molecule has 1 saturated heterocycles. The molecule has 0 bridgehead atoms. The van der Waals surface area contributed by atoms with Crippen LogP contribution in [0.3, 0.4) is 0 Å². The van der Waals surface area contributed by atoms with Crippen molar-refractivity contribution in [3.63, 3.8) is 0 Å². The monoisotopic (exact) mass is 308 g/mol. The maximum absolute atomic E-state index is 12.4. The lowest BCUT2D eigenvalue weighted by Crippen LogP contribution is -2.32. The summed E-state index contributed by atoms with van der Waals surface area (Å²) in [6, 6.07) is 16.1. The van der Waals surface area contributed by atoms with Crippen LogP contribution in [0.4, 0.5) is 10.5 Å². The molecule has 0 aromatic heterocycles. The molecule has 1 fully saturated rings. The van der Waals surface area contributed by atoms with Crippen LogP contribution in [0.2, 0.25) is 0 Å². The molecule has 0 spiro atoms. The predicted molar refractivity (Wildman–Crippen MR) is 87.3 cm³/mol. The van der Waals surface area contributed by atoms with Crippen LogP contribution in [0, 0.1) is 0 Å². The number of nitrogen functional groups attached to an aromatic ring is 1. The molecule has 1 aliphatic heterocycles. The largest absolute Gasteiger partial charge is 0.446 e. The van der Waals surface area contributed by atoms with Gasteiger partial charge >= 0.3 is 6.09 Å². The van der Waals surface area contributed by atoms with Gasteiger partial charge in [0, 0.05) is 11.8 Å². The second-order valence-corrected chi connectivity index (χ2v) is 5.22. The van der Waals surface area contributed by atoms with E-state index in [2.05, 4.69) is 0 Å². The lowest BCUT2D eigenvalue weighted by atomic mass is 10.1. The van der Waals surface area contributed by atoms with Crippen molar-refractivity contribution in [1.29, 1.82) is 0 Å². The van der Waals surface area contributed by atoms with Crippen LogP contribution in [0.5, 0.6) is 0 Å². The van der Waals surface area contributed by atoms with Crippen LogP contribution in [0.1, 0.15) is 17.2 Å². The standard InChI is InChI=1S/C18H16N2O3/c19-15-8-4-5-13(11-15)9-10-17(21)20-16(12-23-18(20)22)14-6-2-1-3-7-14/h1-11,16H,12,19H2/t16-/m1/s1. The lowest BCUT2D eigenvalue weighted by Gasteiger charge is -2.18. The van der Waals surface area contributed by atoms with Crippen molar-refractivity contribution in [3.8, 4) is 0 Å². The van der Waals surface area contributed by atoms with Gasteiger partial charge in [0.05, 0.1) is 0 Å². The molecule has 1 heterocycles. The van der Waals surface area contributed by atoms with Crippen LogP contribution in [-0.4, -0.2) is 23.5 Å². The van der Waals surface area contributed by atoms with Crippen molar-refractivity contribution in [2.45, 2.75) is 6.04 Å². The number of carbonyl (C=O) groups is 2. The number of carbonyl (C=O) groups excluding carboxylic acids is 2. The zero-order valence-corrected chi connectivity index (χ0v) is 12.4. The average Bonchev–Trinajstić information content (AvgIpc) is 2.95. The second-order valence-electron chi connectivity index (χ2n) is 5.22. The van der Waals surface area contributed by atoms with Gasteiger partial charge in [-0.3, -0.25) is 4.79 Å². The van der Waals surface area contributed by atoms with E-state index >= 15 is 0 Å². The molecule has 0 unspecified atom stereocenters. The normalized spacial score (nSPS) is 17.5. The maximum atomic E-state index is 12.4. The highest BCUT2D eigenvalue weighted by atomic mass is 16.6. The van der Waals surface area contributed by atoms with Crippen molar-refractivity contribution in [1.82, 2.24) is 4.90 Å². The molecule has 5 heteroatoms. The zero-order valence-electron chi connectivity index (χ0n) is 12.4. The van der Waals surface area contributed by atoms with Gasteiger partial charge in [-0.15, -0.1) is 0 Å². The number of hydrogen-bond acceptors (Lipinski definition) is 4. The van der Waals surface area contributed by atoms with E-state index in [1.165, 1.54) is 6.08 Å². The predicted octanol–water partition coefficient (Wildman–Crippen LogP) is 3.00. The van der Waals surface area contributed by atoms with E-state index in [1.807, 2.05) is 36.4 Å². The first-order chi connectivity index (χ1) is 11.1. The van der Waals surface area contributed by atoms with Gasteiger partial charge in [-0.1, -0.05) is 42.5 Å². The highest BCUT2D eigenvalue weighted by molar-refractivity contribution is 6.02. The van der Waals surface area contributed by atoms with E-state index in [1.54, 1.807) is 24.3 Å². The first kappa shape index (κ1) is 14.8. The van der Waals surface area contributed by atoms with Crippen LogP contribution < -0.4 is 5.73 Å². The van der Waals surface area contributed by atoms with Gasteiger partial charge in [-0.2, -0.15) is 0 Å². The first-order valence-electron chi connectivity index (χ1n) is 7.23. The lowest BCUT2D eigenvalue weighted by molar-refractivity contribution is -0.124. The summed E-state index contributed by atoms with van der Waals surface area (Å²) in [6.45, 7) is 0.167. The Hall–Kier alpha value is -3.08. The number of rotatable bonds is 3. The van der Waals surface area contributed by atoms with Crippen molar-refractivity contribution in [2.24, 2.45) is 0 Å². The fourth-order valence-corrected chi connectivity index (χ4v) is 2.50. The topological polar surface area (TPSA) is 72.6 Å². The van der Waals surface area contributed by atoms with Gasteiger partial charge in [-0.25, -0.2) is 9.69 Å². The summed E-state index contributed by atoms with van der Waals surface area (Å²) in [6.07, 6.45) is 2.37. The zero-order chi connectivity index (χ0) is 16.2. The number of hydrogen-bond donors (Lipinski definition) is 1. The SMILES string of the molecule is Nc1cccc(C=CC(=O)N2C(=O)OC[C@@H]2c2ccccc2)c1. The van der Waals surface area contributed by atoms with E-state index < -0.39 is 18.0 Å². The summed E-state index contributed by atoms with van der Waals surface area (Å²) in [5.74, 6) is -0.413. The molecule has 3 rings (SSSR count). The molecular weight excluding hydrogens is 292 g/mol. The average molecular weight is 308 g/mol. The number of imide groups is 1. The summed E-state index contributed by atoms with van der Waals surface area (Å²) in [5, 5.41) is 0. The fraction of sp³-hybridized carbons (Fsp3) is 0.111. The fourth-order valence-electron chi connectivity index (χ4n) is 2.50. The Balaban J connectivity index is 1.80. The quantitative estimate of drug-likeness (QED) is 0.699. The molecule has 2 N–H and O–H groups in total. The summed E-state index contributed by atoms with van der Waals surface area (Å²) >= 11 is 0. The van der Waals surface area contributed by atoms with E-state index in [0.29, 0.717) is 5.69 Å². The van der Waals surface area contributed by atoms with E-state index in [-0.39, 0.29) is 6.61 Å². The van der Waals surface area contributed by atoms with Gasteiger partial charge < -0.3 is 10.5 Å². The summed E-state index contributed by atoms with van der Waals surface area (Å²) in [7, 11) is 0. The van der Waals surface area contributed by atoms with Gasteiger partial charge in [0.25, 0.3) is 5.91 Å². The highest BCUT2D eigenvalue weighted by Crippen LogP contribution is 2.27. The minimum absolute atomic E-state index is 0.167. The third kappa shape index (κ3) is 3.23. The summed E-state index contributed by atoms with van der Waals surface area (Å²) in [5.41, 5.74) is 7.98. The van der Waals surface area contributed by atoms with Gasteiger partial charge in [0.15, 0.2) is 0 Å². The molecule has 23 heavy (non-hydrogen) atoms. The molecule has 1 aliphatic rings. The van der Waals surface area contributed by atoms with Crippen molar-refractivity contribution in [3.05, 3.63) is 71.8 Å². The van der Waals surface area contributed by atoms with Crippen molar-refractivity contribution < 1.29 is 14.3 Å². The molecular formula is C18H16N2O3. The first-order valence-corrected chi connectivity index (χ1v) is 7.23. The third-order valence-electron chi connectivity index (χ3n) is 3.62. The van der Waals surface area contributed by atoms with Crippen molar-refractivity contribution in [2.75, 3.05) is 12.3 Å². The minimum atomic E-state index is -0.624. The Morgan fingerprint density at radius 3 is 2.70 bits per heavy atom. The molecule has 2 amide bonds. The van der Waals surface area contributed by atoms with Gasteiger partial charge in [0.1, 0.15) is 12.6 Å². The Morgan fingerprint density at radius 2 is 1.96 bits per heavy atom. The molecule has 0 saturated carbocycles. The third-order valence-corrected chi connectivity index (χ3v) is 3.62. The number of ether oxygens (including phenoxy) is 1. The molecule has 2 aromatic carbocycles. The number of nitrogens with two attached hydrogens (primary N) is 1. The van der Waals surface area contributed by atoms with Gasteiger partial charge in [-0.05, 0) is 29.3 Å². The van der Waals surface area contributed by atoms with E-state index in [9.17, 15) is 9.59 Å². The highest BCUT2D eigenvalue weighted by Gasteiger charge is 2.37. The van der Waals surface area contributed by atoms with Crippen molar-refractivity contribution >= 4 is 23.8 Å². The van der Waals surface area contributed by atoms with Crippen LogP contribution >= 0.6 is 0 Å². The molecule has 5 nitrogen and oxygen atoms in total. The Kier molecular flexibility index (Phi) is 4.10. The number of benzene rings is 2. The van der Waals surface area contributed by atoms with E-state index in [0.717, 1.165) is 16.0 Å². The Bertz CT molecular complexity index is 756. The summed E-state index contributed by atoms with van der Waals surface area (Å²) in [4.78, 5) is 25.4.